The van der Waals surface area contributed by atoms with E-state index in [2.05, 4.69) is 34.5 Å². The summed E-state index contributed by atoms with van der Waals surface area (Å²) in [6.07, 6.45) is 8.29. The molecule has 4 heteroatoms. The largest absolute Gasteiger partial charge is 0.496 e. The molecule has 1 saturated heterocycles. The minimum atomic E-state index is -0.0772. The minimum Gasteiger partial charge on any atom is -0.496 e. The number of rotatable bonds is 8. The number of likely N-dealkylation sites (tertiary alicyclic amines) is 1. The van der Waals surface area contributed by atoms with E-state index in [4.69, 9.17) is 4.74 Å². The molecule has 25 heavy (non-hydrogen) atoms. The number of benzene rings is 1. The summed E-state index contributed by atoms with van der Waals surface area (Å²) < 4.78 is 5.63. The normalized spacial score (nSPS) is 21.5. The third-order valence-electron chi connectivity index (χ3n) is 5.92. The summed E-state index contributed by atoms with van der Waals surface area (Å²) in [6, 6.07) is 8.89. The van der Waals surface area contributed by atoms with Gasteiger partial charge in [-0.3, -0.25) is 0 Å². The fourth-order valence-corrected chi connectivity index (χ4v) is 4.45. The van der Waals surface area contributed by atoms with E-state index in [0.717, 1.165) is 57.1 Å². The van der Waals surface area contributed by atoms with Crippen LogP contribution in [0.4, 0.5) is 0 Å². The Hall–Kier alpha value is -1.10. The van der Waals surface area contributed by atoms with Gasteiger partial charge >= 0.3 is 0 Å². The third-order valence-corrected chi connectivity index (χ3v) is 5.92. The highest BCUT2D eigenvalue weighted by atomic mass is 16.5. The van der Waals surface area contributed by atoms with Crippen molar-refractivity contribution >= 4 is 0 Å². The molecule has 0 spiro atoms. The fourth-order valence-electron chi connectivity index (χ4n) is 4.45. The van der Waals surface area contributed by atoms with Gasteiger partial charge in [-0.05, 0) is 57.2 Å². The lowest BCUT2D eigenvalue weighted by Crippen LogP contribution is -2.37. The van der Waals surface area contributed by atoms with E-state index in [1.165, 1.54) is 31.2 Å². The fraction of sp³-hybridized carbons (Fsp3) is 0.714. The van der Waals surface area contributed by atoms with E-state index in [1.54, 1.807) is 7.11 Å². The summed E-state index contributed by atoms with van der Waals surface area (Å²) in [5.41, 5.74) is 1.32. The first-order valence-electron chi connectivity index (χ1n) is 10.0. The molecular formula is C21H34N2O2. The van der Waals surface area contributed by atoms with Crippen molar-refractivity contribution in [3.8, 4) is 5.75 Å². The predicted molar refractivity (Wildman–Crippen MR) is 102 cm³/mol. The van der Waals surface area contributed by atoms with Gasteiger partial charge in [0.1, 0.15) is 5.75 Å². The van der Waals surface area contributed by atoms with Crippen molar-refractivity contribution in [1.82, 2.24) is 10.2 Å². The van der Waals surface area contributed by atoms with Crippen LogP contribution in [0, 0.1) is 5.92 Å². The molecule has 1 aromatic rings. The zero-order chi connectivity index (χ0) is 17.5. The average Bonchev–Trinajstić information content (AvgIpc) is 3.18. The molecule has 2 fully saturated rings. The molecule has 1 saturated carbocycles. The smallest absolute Gasteiger partial charge is 0.123 e. The van der Waals surface area contributed by atoms with Crippen LogP contribution in [-0.4, -0.2) is 49.4 Å². The second kappa shape index (κ2) is 9.56. The summed E-state index contributed by atoms with van der Waals surface area (Å²) in [4.78, 5) is 2.49. The maximum atomic E-state index is 9.62. The zero-order valence-corrected chi connectivity index (χ0v) is 15.6. The van der Waals surface area contributed by atoms with E-state index in [0.29, 0.717) is 6.04 Å². The number of hydrogen-bond acceptors (Lipinski definition) is 4. The predicted octanol–water partition coefficient (Wildman–Crippen LogP) is 3.36. The Morgan fingerprint density at radius 1 is 1.16 bits per heavy atom. The Balaban J connectivity index is 1.53. The average molecular weight is 347 g/mol. The Morgan fingerprint density at radius 2 is 1.88 bits per heavy atom. The number of hydrogen-bond donors (Lipinski definition) is 2. The summed E-state index contributed by atoms with van der Waals surface area (Å²) in [5, 5.41) is 13.5. The van der Waals surface area contributed by atoms with Crippen LogP contribution >= 0.6 is 0 Å². The van der Waals surface area contributed by atoms with Crippen LogP contribution < -0.4 is 10.1 Å². The molecule has 140 valence electrons. The van der Waals surface area contributed by atoms with Crippen molar-refractivity contribution < 1.29 is 9.84 Å². The number of piperidine rings is 1. The van der Waals surface area contributed by atoms with Crippen molar-refractivity contribution in [3.05, 3.63) is 29.8 Å². The Labute approximate surface area is 152 Å². The van der Waals surface area contributed by atoms with Gasteiger partial charge in [-0.25, -0.2) is 0 Å². The summed E-state index contributed by atoms with van der Waals surface area (Å²) in [5.74, 6) is 1.73. The maximum absolute atomic E-state index is 9.62. The van der Waals surface area contributed by atoms with Crippen LogP contribution in [0.15, 0.2) is 24.3 Å². The lowest BCUT2D eigenvalue weighted by molar-refractivity contribution is 0.0819. The van der Waals surface area contributed by atoms with Crippen LogP contribution in [0.2, 0.25) is 0 Å². The van der Waals surface area contributed by atoms with Gasteiger partial charge in [0.25, 0.3) is 0 Å². The summed E-state index contributed by atoms with van der Waals surface area (Å²) in [7, 11) is 1.77. The maximum Gasteiger partial charge on any atom is 0.123 e. The standard InChI is InChI=1S/C21H34N2O2/c1-25-20-10-5-4-9-19(20)21(17-7-2-3-8-17)22-13-6-14-23-15-11-18(24)12-16-23/h4-5,9-10,17-18,21-22,24H,2-3,6-8,11-16H2,1H3. The highest BCUT2D eigenvalue weighted by Crippen LogP contribution is 2.38. The number of aliphatic hydroxyl groups is 1. The molecule has 0 radical (unpaired) electrons. The van der Waals surface area contributed by atoms with Crippen molar-refractivity contribution in [2.24, 2.45) is 5.92 Å². The van der Waals surface area contributed by atoms with Gasteiger partial charge in [0, 0.05) is 24.7 Å². The van der Waals surface area contributed by atoms with E-state index in [-0.39, 0.29) is 6.10 Å². The molecule has 1 aromatic carbocycles. The first-order chi connectivity index (χ1) is 12.3. The molecule has 1 aliphatic carbocycles. The van der Waals surface area contributed by atoms with Crippen LogP contribution in [-0.2, 0) is 0 Å². The first-order valence-corrected chi connectivity index (χ1v) is 10.0. The van der Waals surface area contributed by atoms with Gasteiger partial charge in [-0.15, -0.1) is 0 Å². The van der Waals surface area contributed by atoms with Gasteiger partial charge in [0.15, 0.2) is 0 Å². The topological polar surface area (TPSA) is 44.7 Å². The van der Waals surface area contributed by atoms with Crippen LogP contribution in [0.3, 0.4) is 0 Å². The van der Waals surface area contributed by atoms with Crippen LogP contribution in [0.1, 0.15) is 56.6 Å². The van der Waals surface area contributed by atoms with Crippen molar-refractivity contribution in [1.29, 1.82) is 0 Å². The number of methoxy groups -OCH3 is 1. The summed E-state index contributed by atoms with van der Waals surface area (Å²) in [6.45, 7) is 4.25. The van der Waals surface area contributed by atoms with Crippen molar-refractivity contribution in [3.63, 3.8) is 0 Å². The quantitative estimate of drug-likeness (QED) is 0.709. The molecular weight excluding hydrogens is 312 g/mol. The highest BCUT2D eigenvalue weighted by molar-refractivity contribution is 5.36. The molecule has 4 nitrogen and oxygen atoms in total. The monoisotopic (exact) mass is 346 g/mol. The lowest BCUT2D eigenvalue weighted by atomic mass is 9.91. The molecule has 1 atom stereocenters. The molecule has 3 rings (SSSR count). The molecule has 1 heterocycles. The van der Waals surface area contributed by atoms with Gasteiger partial charge in [0.05, 0.1) is 13.2 Å². The lowest BCUT2D eigenvalue weighted by Gasteiger charge is -2.30. The Morgan fingerprint density at radius 3 is 2.60 bits per heavy atom. The van der Waals surface area contributed by atoms with Gasteiger partial charge in [0.2, 0.25) is 0 Å². The number of aliphatic hydroxyl groups excluding tert-OH is 1. The zero-order valence-electron chi connectivity index (χ0n) is 15.6. The molecule has 2 aliphatic rings. The second-order valence-corrected chi connectivity index (χ2v) is 7.64. The number of para-hydroxylation sites is 1. The minimum absolute atomic E-state index is 0.0772. The van der Waals surface area contributed by atoms with E-state index < -0.39 is 0 Å². The number of nitrogens with one attached hydrogen (secondary N) is 1. The first kappa shape index (κ1) is 18.7. The molecule has 0 aromatic heterocycles. The molecule has 1 unspecified atom stereocenters. The van der Waals surface area contributed by atoms with Crippen molar-refractivity contribution in [2.45, 2.75) is 57.1 Å². The van der Waals surface area contributed by atoms with Crippen LogP contribution in [0.5, 0.6) is 5.75 Å². The second-order valence-electron chi connectivity index (χ2n) is 7.64. The number of ether oxygens (including phenoxy) is 1. The van der Waals surface area contributed by atoms with E-state index in [1.807, 2.05) is 0 Å². The SMILES string of the molecule is COc1ccccc1C(NCCCN1CCC(O)CC1)C1CCCC1. The van der Waals surface area contributed by atoms with E-state index in [9.17, 15) is 5.11 Å². The van der Waals surface area contributed by atoms with E-state index >= 15 is 0 Å². The van der Waals surface area contributed by atoms with Crippen molar-refractivity contribution in [2.75, 3.05) is 33.3 Å². The van der Waals surface area contributed by atoms with Gasteiger partial charge < -0.3 is 20.1 Å². The Bertz CT molecular complexity index is 508. The molecule has 0 bridgehead atoms. The Kier molecular flexibility index (Phi) is 7.14. The molecule has 0 amide bonds. The summed E-state index contributed by atoms with van der Waals surface area (Å²) >= 11 is 0. The van der Waals surface area contributed by atoms with Gasteiger partial charge in [-0.1, -0.05) is 31.0 Å². The molecule has 1 aliphatic heterocycles. The number of nitrogens with zero attached hydrogens (tertiary/aromatic N) is 1. The third kappa shape index (κ3) is 5.19. The van der Waals surface area contributed by atoms with Gasteiger partial charge in [-0.2, -0.15) is 0 Å². The highest BCUT2D eigenvalue weighted by Gasteiger charge is 2.28. The van der Waals surface area contributed by atoms with Crippen LogP contribution in [0.25, 0.3) is 0 Å². The molecule has 2 N–H and O–H groups in total.